The number of aliphatic hydroxyl groups excluding tert-OH is 1. The van der Waals surface area contributed by atoms with Crippen molar-refractivity contribution in [3.63, 3.8) is 0 Å². The predicted molar refractivity (Wildman–Crippen MR) is 65.0 cm³/mol. The van der Waals surface area contributed by atoms with Crippen LogP contribution in [0.1, 0.15) is 38.3 Å². The maximum atomic E-state index is 9.96. The first-order chi connectivity index (χ1) is 6.88. The van der Waals surface area contributed by atoms with E-state index in [1.165, 1.54) is 11.1 Å². The van der Waals surface area contributed by atoms with Gasteiger partial charge < -0.3 is 5.11 Å². The van der Waals surface area contributed by atoms with Crippen molar-refractivity contribution in [2.75, 3.05) is 0 Å². The van der Waals surface area contributed by atoms with Crippen LogP contribution in [0.25, 0.3) is 0 Å². The second-order valence-electron chi connectivity index (χ2n) is 5.55. The highest BCUT2D eigenvalue weighted by atomic mass is 16.3. The molecule has 0 bridgehead atoms. The summed E-state index contributed by atoms with van der Waals surface area (Å²) in [5, 5.41) is 9.96. The van der Waals surface area contributed by atoms with E-state index in [0.29, 0.717) is 0 Å². The second kappa shape index (κ2) is 4.80. The van der Waals surface area contributed by atoms with Gasteiger partial charge in [-0.25, -0.2) is 0 Å². The Labute approximate surface area is 93.1 Å². The molecule has 15 heavy (non-hydrogen) atoms. The molecule has 0 aromatic heterocycles. The molecule has 1 heteroatoms. The van der Waals surface area contributed by atoms with E-state index in [2.05, 4.69) is 39.8 Å². The van der Waals surface area contributed by atoms with Crippen molar-refractivity contribution in [1.82, 2.24) is 0 Å². The van der Waals surface area contributed by atoms with Gasteiger partial charge in [-0.1, -0.05) is 45.0 Å². The average Bonchev–Trinajstić information content (AvgIpc) is 2.05. The van der Waals surface area contributed by atoms with Gasteiger partial charge in [0.2, 0.25) is 0 Å². The summed E-state index contributed by atoms with van der Waals surface area (Å²) in [5.41, 5.74) is 2.72. The molecule has 0 radical (unpaired) electrons. The molecule has 0 saturated carbocycles. The van der Waals surface area contributed by atoms with Gasteiger partial charge in [0, 0.05) is 0 Å². The van der Waals surface area contributed by atoms with Gasteiger partial charge in [0.05, 0.1) is 6.10 Å². The van der Waals surface area contributed by atoms with Crippen LogP contribution < -0.4 is 0 Å². The van der Waals surface area contributed by atoms with Gasteiger partial charge in [-0.3, -0.25) is 0 Å². The van der Waals surface area contributed by atoms with Gasteiger partial charge in [-0.15, -0.1) is 0 Å². The highest BCUT2D eigenvalue weighted by molar-refractivity contribution is 5.26. The Morgan fingerprint density at radius 2 is 1.80 bits per heavy atom. The van der Waals surface area contributed by atoms with Crippen LogP contribution >= 0.6 is 0 Å². The fourth-order valence-electron chi connectivity index (χ4n) is 1.87. The first kappa shape index (κ1) is 12.3. The van der Waals surface area contributed by atoms with Crippen molar-refractivity contribution in [2.24, 2.45) is 5.41 Å². The second-order valence-corrected chi connectivity index (χ2v) is 5.55. The van der Waals surface area contributed by atoms with Crippen LogP contribution in [0.15, 0.2) is 24.3 Å². The molecule has 1 aromatic carbocycles. The summed E-state index contributed by atoms with van der Waals surface area (Å²) in [6.45, 7) is 8.58. The van der Waals surface area contributed by atoms with Crippen molar-refractivity contribution < 1.29 is 5.11 Å². The van der Waals surface area contributed by atoms with Crippen molar-refractivity contribution in [3.05, 3.63) is 35.4 Å². The summed E-state index contributed by atoms with van der Waals surface area (Å²) in [6.07, 6.45) is 1.39. The Balaban J connectivity index is 2.59. The average molecular weight is 206 g/mol. The van der Waals surface area contributed by atoms with Crippen LogP contribution in [-0.2, 0) is 6.42 Å². The summed E-state index contributed by atoms with van der Waals surface area (Å²) in [7, 11) is 0. The van der Waals surface area contributed by atoms with E-state index in [1.807, 2.05) is 12.1 Å². The van der Waals surface area contributed by atoms with E-state index >= 15 is 0 Å². The molecule has 1 nitrogen and oxygen atoms in total. The quantitative estimate of drug-likeness (QED) is 0.804. The predicted octanol–water partition coefficient (Wildman–Crippen LogP) is 3.33. The van der Waals surface area contributed by atoms with E-state index in [1.54, 1.807) is 0 Å². The third-order valence-corrected chi connectivity index (χ3v) is 2.56. The fraction of sp³-hybridized carbons (Fsp3) is 0.571. The van der Waals surface area contributed by atoms with Crippen molar-refractivity contribution in [2.45, 2.75) is 46.6 Å². The smallest absolute Gasteiger partial charge is 0.0585 e. The first-order valence-electron chi connectivity index (χ1n) is 5.61. The molecule has 1 aromatic rings. The third-order valence-electron chi connectivity index (χ3n) is 2.56. The molecule has 0 spiro atoms. The zero-order valence-corrected chi connectivity index (χ0v) is 10.2. The molecule has 0 aliphatic heterocycles. The number of aliphatic hydroxyl groups is 1. The molecule has 1 unspecified atom stereocenters. The van der Waals surface area contributed by atoms with Crippen molar-refractivity contribution in [1.29, 1.82) is 0 Å². The molecule has 0 heterocycles. The zero-order chi connectivity index (χ0) is 11.5. The Kier molecular flexibility index (Phi) is 3.92. The van der Waals surface area contributed by atoms with Gasteiger partial charge in [0.1, 0.15) is 0 Å². The van der Waals surface area contributed by atoms with E-state index in [-0.39, 0.29) is 11.5 Å². The van der Waals surface area contributed by atoms with Crippen molar-refractivity contribution >= 4 is 0 Å². The van der Waals surface area contributed by atoms with E-state index in [0.717, 1.165) is 12.8 Å². The number of hydrogen-bond acceptors (Lipinski definition) is 1. The molecule has 1 N–H and O–H groups in total. The maximum Gasteiger partial charge on any atom is 0.0585 e. The summed E-state index contributed by atoms with van der Waals surface area (Å²) < 4.78 is 0. The molecule has 0 aliphatic carbocycles. The van der Waals surface area contributed by atoms with Gasteiger partial charge >= 0.3 is 0 Å². The number of benzene rings is 1. The summed E-state index contributed by atoms with van der Waals surface area (Å²) in [6, 6.07) is 8.27. The monoisotopic (exact) mass is 206 g/mol. The van der Waals surface area contributed by atoms with Crippen LogP contribution in [-0.4, -0.2) is 11.2 Å². The first-order valence-corrected chi connectivity index (χ1v) is 5.61. The van der Waals surface area contributed by atoms with Gasteiger partial charge in [0.15, 0.2) is 0 Å². The number of aryl methyl sites for hydroxylation is 1. The number of hydrogen-bond donors (Lipinski definition) is 1. The topological polar surface area (TPSA) is 20.2 Å². The molecular weight excluding hydrogens is 184 g/mol. The van der Waals surface area contributed by atoms with Crippen LogP contribution in [0.5, 0.6) is 0 Å². The molecule has 1 atom stereocenters. The lowest BCUT2D eigenvalue weighted by molar-refractivity contribution is 0.121. The van der Waals surface area contributed by atoms with Crippen LogP contribution in [0, 0.1) is 12.3 Å². The van der Waals surface area contributed by atoms with Gasteiger partial charge in [-0.2, -0.15) is 0 Å². The Morgan fingerprint density at radius 1 is 1.20 bits per heavy atom. The Hall–Kier alpha value is -0.820. The minimum Gasteiger partial charge on any atom is -0.393 e. The SMILES string of the molecule is Cc1ccccc1CC(O)CC(C)(C)C. The molecular formula is C14H22O. The molecule has 84 valence electrons. The normalized spacial score (nSPS) is 13.9. The minimum absolute atomic E-state index is 0.197. The largest absolute Gasteiger partial charge is 0.393 e. The Bertz CT molecular complexity index is 309. The van der Waals surface area contributed by atoms with Crippen LogP contribution in [0.4, 0.5) is 0 Å². The van der Waals surface area contributed by atoms with Crippen molar-refractivity contribution in [3.8, 4) is 0 Å². The Morgan fingerprint density at radius 3 is 2.33 bits per heavy atom. The standard InChI is InChI=1S/C14H22O/c1-11-7-5-6-8-12(11)9-13(15)10-14(2,3)4/h5-8,13,15H,9-10H2,1-4H3. The van der Waals surface area contributed by atoms with Gasteiger partial charge in [0.25, 0.3) is 0 Å². The van der Waals surface area contributed by atoms with E-state index in [4.69, 9.17) is 0 Å². The molecule has 0 fully saturated rings. The lowest BCUT2D eigenvalue weighted by Gasteiger charge is -2.22. The fourth-order valence-corrected chi connectivity index (χ4v) is 1.87. The minimum atomic E-state index is -0.230. The van der Waals surface area contributed by atoms with Crippen LogP contribution in [0.3, 0.4) is 0 Å². The zero-order valence-electron chi connectivity index (χ0n) is 10.2. The lowest BCUT2D eigenvalue weighted by atomic mass is 9.87. The van der Waals surface area contributed by atoms with E-state index < -0.39 is 0 Å². The molecule has 0 saturated heterocycles. The number of rotatable bonds is 3. The van der Waals surface area contributed by atoms with Crippen LogP contribution in [0.2, 0.25) is 0 Å². The molecule has 0 amide bonds. The summed E-state index contributed by atoms with van der Waals surface area (Å²) in [5.74, 6) is 0. The summed E-state index contributed by atoms with van der Waals surface area (Å²) >= 11 is 0. The molecule has 1 rings (SSSR count). The molecule has 0 aliphatic rings. The van der Waals surface area contributed by atoms with Gasteiger partial charge in [-0.05, 0) is 36.3 Å². The summed E-state index contributed by atoms with van der Waals surface area (Å²) in [4.78, 5) is 0. The highest BCUT2D eigenvalue weighted by Gasteiger charge is 2.17. The third kappa shape index (κ3) is 4.48. The lowest BCUT2D eigenvalue weighted by Crippen LogP contribution is -2.19. The van der Waals surface area contributed by atoms with E-state index in [9.17, 15) is 5.11 Å². The maximum absolute atomic E-state index is 9.96. The highest BCUT2D eigenvalue weighted by Crippen LogP contribution is 2.23.